The summed E-state index contributed by atoms with van der Waals surface area (Å²) in [6.45, 7) is 0. The summed E-state index contributed by atoms with van der Waals surface area (Å²) in [7, 11) is 0. The van der Waals surface area contributed by atoms with Gasteiger partial charge in [0.1, 0.15) is 0 Å². The van der Waals surface area contributed by atoms with Crippen molar-refractivity contribution in [2.45, 2.75) is 0 Å². The van der Waals surface area contributed by atoms with Crippen LogP contribution >= 0.6 is 80.6 Å². The van der Waals surface area contributed by atoms with Crippen LogP contribution in [0.5, 0.6) is 0 Å². The van der Waals surface area contributed by atoms with Crippen LogP contribution in [0.25, 0.3) is 11.3 Å². The van der Waals surface area contributed by atoms with Gasteiger partial charge in [0.25, 0.3) is 0 Å². The maximum atomic E-state index is 6.15. The molecule has 0 amide bonds. The lowest BCUT2D eigenvalue weighted by atomic mass is 10.1. The second-order valence-electron chi connectivity index (χ2n) is 3.31. The Bertz CT molecular complexity index is 583. The minimum Gasteiger partial charge on any atom is -0.255 e. The Hall–Kier alpha value is 0.550. The third-order valence-electron chi connectivity index (χ3n) is 2.19. The molecule has 2 aromatic rings. The topological polar surface area (TPSA) is 12.9 Å². The van der Waals surface area contributed by atoms with Gasteiger partial charge < -0.3 is 0 Å². The molecule has 0 spiro atoms. The van der Waals surface area contributed by atoms with Crippen molar-refractivity contribution < 1.29 is 0 Å². The third-order valence-corrected chi connectivity index (χ3v) is 5.11. The van der Waals surface area contributed by atoms with E-state index in [4.69, 9.17) is 58.0 Å². The van der Waals surface area contributed by atoms with E-state index in [0.717, 1.165) is 3.57 Å². The normalized spacial score (nSPS) is 10.8. The van der Waals surface area contributed by atoms with Crippen molar-refractivity contribution in [2.75, 3.05) is 0 Å². The zero-order chi connectivity index (χ0) is 13.4. The molecule has 0 unspecified atom stereocenters. The van der Waals surface area contributed by atoms with Gasteiger partial charge in [-0.2, -0.15) is 0 Å². The molecule has 0 aliphatic carbocycles. The predicted octanol–water partition coefficient (Wildman–Crippen LogP) is 6.62. The van der Waals surface area contributed by atoms with Gasteiger partial charge in [0.05, 0.1) is 30.8 Å². The molecule has 0 saturated heterocycles. The molecule has 94 valence electrons. The van der Waals surface area contributed by atoms with Gasteiger partial charge in [-0.15, -0.1) is 0 Å². The van der Waals surface area contributed by atoms with Crippen molar-refractivity contribution in [2.24, 2.45) is 0 Å². The summed E-state index contributed by atoms with van der Waals surface area (Å²) < 4.78 is 0.995. The minimum atomic E-state index is 0.141. The molecule has 0 bridgehead atoms. The average Bonchev–Trinajstić information content (AvgIpc) is 2.36. The number of hydrogen-bond donors (Lipinski definition) is 0. The number of nitrogens with zero attached hydrogens (tertiary/aromatic N) is 1. The van der Waals surface area contributed by atoms with Crippen molar-refractivity contribution in [3.8, 4) is 11.3 Å². The molecule has 0 aliphatic heterocycles. The second kappa shape index (κ2) is 5.90. The second-order valence-corrected chi connectivity index (χ2v) is 6.44. The number of benzene rings is 1. The lowest BCUT2D eigenvalue weighted by molar-refractivity contribution is 1.31. The third kappa shape index (κ3) is 2.69. The van der Waals surface area contributed by atoms with Crippen LogP contribution in [0.3, 0.4) is 0 Å². The summed E-state index contributed by atoms with van der Waals surface area (Å²) >= 11 is 32.4. The highest BCUT2D eigenvalue weighted by Gasteiger charge is 2.20. The van der Waals surface area contributed by atoms with Crippen molar-refractivity contribution >= 4 is 80.6 Å². The van der Waals surface area contributed by atoms with E-state index in [1.165, 1.54) is 0 Å². The molecule has 0 aliphatic rings. The monoisotopic (exact) mass is 451 g/mol. The number of hydrogen-bond acceptors (Lipinski definition) is 1. The van der Waals surface area contributed by atoms with Crippen molar-refractivity contribution in [1.29, 1.82) is 0 Å². The van der Waals surface area contributed by atoms with Crippen LogP contribution in [-0.2, 0) is 0 Å². The Balaban J connectivity index is 2.75. The van der Waals surface area contributed by atoms with Gasteiger partial charge in [0, 0.05) is 15.3 Å². The SMILES string of the molecule is Clc1c(Cl)c(Cl)c(-c2ccc(I)cn2)c(Cl)c1Cl. The molecule has 2 rings (SSSR count). The Kier molecular flexibility index (Phi) is 4.90. The first-order valence-corrected chi connectivity index (χ1v) is 7.53. The van der Waals surface area contributed by atoms with Crippen molar-refractivity contribution in [3.05, 3.63) is 47.0 Å². The van der Waals surface area contributed by atoms with Crippen LogP contribution in [-0.4, -0.2) is 4.98 Å². The van der Waals surface area contributed by atoms with Gasteiger partial charge in [-0.3, -0.25) is 4.98 Å². The molecular formula is C11H3Cl5IN. The van der Waals surface area contributed by atoms with Crippen LogP contribution in [0, 0.1) is 3.57 Å². The van der Waals surface area contributed by atoms with Gasteiger partial charge >= 0.3 is 0 Å². The van der Waals surface area contributed by atoms with Crippen molar-refractivity contribution in [3.63, 3.8) is 0 Å². The van der Waals surface area contributed by atoms with E-state index in [0.29, 0.717) is 11.3 Å². The Labute approximate surface area is 142 Å². The highest BCUT2D eigenvalue weighted by molar-refractivity contribution is 14.1. The van der Waals surface area contributed by atoms with Crippen molar-refractivity contribution in [1.82, 2.24) is 4.98 Å². The standard InChI is InChI=1S/C11H3Cl5IN/c12-7-6(5-2-1-4(17)3-18-5)8(13)10(15)11(16)9(7)14/h1-3H. The molecule has 1 aromatic heterocycles. The molecule has 1 aromatic carbocycles. The smallest absolute Gasteiger partial charge is 0.0809 e. The molecule has 1 nitrogen and oxygen atoms in total. The van der Waals surface area contributed by atoms with Gasteiger partial charge in [-0.25, -0.2) is 0 Å². The maximum Gasteiger partial charge on any atom is 0.0809 e. The Morgan fingerprint density at radius 3 is 1.72 bits per heavy atom. The summed E-state index contributed by atoms with van der Waals surface area (Å²) in [4.78, 5) is 4.25. The number of aromatic nitrogens is 1. The highest BCUT2D eigenvalue weighted by atomic mass is 127. The average molecular weight is 453 g/mol. The highest BCUT2D eigenvalue weighted by Crippen LogP contribution is 2.47. The molecule has 0 saturated carbocycles. The number of pyridine rings is 1. The predicted molar refractivity (Wildman–Crippen MR) is 87.4 cm³/mol. The lowest BCUT2D eigenvalue weighted by Gasteiger charge is -2.11. The van der Waals surface area contributed by atoms with E-state index >= 15 is 0 Å². The summed E-state index contributed by atoms with van der Waals surface area (Å²) in [6.07, 6.45) is 1.69. The van der Waals surface area contributed by atoms with Crippen LogP contribution in [0.4, 0.5) is 0 Å². The molecule has 0 radical (unpaired) electrons. The lowest BCUT2D eigenvalue weighted by Crippen LogP contribution is -1.89. The van der Waals surface area contributed by atoms with Gasteiger partial charge in [-0.05, 0) is 34.7 Å². The van der Waals surface area contributed by atoms with Gasteiger partial charge in [-0.1, -0.05) is 58.0 Å². The van der Waals surface area contributed by atoms with E-state index < -0.39 is 0 Å². The maximum absolute atomic E-state index is 6.15. The largest absolute Gasteiger partial charge is 0.255 e. The zero-order valence-electron chi connectivity index (χ0n) is 8.45. The number of halogens is 6. The summed E-state index contributed by atoms with van der Waals surface area (Å²) in [5.74, 6) is 0. The van der Waals surface area contributed by atoms with Gasteiger partial charge in [0.2, 0.25) is 0 Å². The quantitative estimate of drug-likeness (QED) is 0.269. The summed E-state index contributed by atoms with van der Waals surface area (Å²) in [5, 5.41) is 0.961. The number of rotatable bonds is 1. The van der Waals surface area contributed by atoms with Crippen LogP contribution in [0.1, 0.15) is 0 Å². The first-order chi connectivity index (χ1) is 8.43. The fourth-order valence-corrected chi connectivity index (χ4v) is 3.00. The zero-order valence-corrected chi connectivity index (χ0v) is 14.4. The summed E-state index contributed by atoms with van der Waals surface area (Å²) in [5.41, 5.74) is 1.07. The van der Waals surface area contributed by atoms with Crippen LogP contribution < -0.4 is 0 Å². The molecule has 18 heavy (non-hydrogen) atoms. The Morgan fingerprint density at radius 1 is 0.778 bits per heavy atom. The minimum absolute atomic E-state index is 0.141. The van der Waals surface area contributed by atoms with E-state index in [1.807, 2.05) is 6.07 Å². The fraction of sp³-hybridized carbons (Fsp3) is 0. The molecular weight excluding hydrogens is 450 g/mol. The van der Waals surface area contributed by atoms with E-state index in [-0.39, 0.29) is 25.1 Å². The molecule has 0 N–H and O–H groups in total. The van der Waals surface area contributed by atoms with Crippen LogP contribution in [0.2, 0.25) is 25.1 Å². The summed E-state index contributed by atoms with van der Waals surface area (Å²) in [6, 6.07) is 3.67. The van der Waals surface area contributed by atoms with E-state index in [1.54, 1.807) is 12.3 Å². The first kappa shape index (κ1) is 14.9. The van der Waals surface area contributed by atoms with E-state index in [2.05, 4.69) is 27.6 Å². The molecule has 0 atom stereocenters. The Morgan fingerprint density at radius 2 is 1.28 bits per heavy atom. The van der Waals surface area contributed by atoms with Gasteiger partial charge in [0.15, 0.2) is 0 Å². The van der Waals surface area contributed by atoms with Crippen LogP contribution in [0.15, 0.2) is 18.3 Å². The molecule has 1 heterocycles. The first-order valence-electron chi connectivity index (χ1n) is 4.57. The fourth-order valence-electron chi connectivity index (χ4n) is 1.35. The molecule has 7 heteroatoms. The van der Waals surface area contributed by atoms with E-state index in [9.17, 15) is 0 Å². The molecule has 0 fully saturated rings.